The summed E-state index contributed by atoms with van der Waals surface area (Å²) >= 11 is 7.57. The van der Waals surface area contributed by atoms with Gasteiger partial charge in [0.2, 0.25) is 0 Å². The van der Waals surface area contributed by atoms with E-state index in [1.807, 2.05) is 35.7 Å². The molecule has 0 saturated carbocycles. The number of nitrogens with two attached hydrogens (primary N) is 1. The molecule has 0 spiro atoms. The van der Waals surface area contributed by atoms with E-state index in [4.69, 9.17) is 17.3 Å². The molecular weight excluding hydrogens is 254 g/mol. The number of thiophene rings is 1. The summed E-state index contributed by atoms with van der Waals surface area (Å²) in [6, 6.07) is 9.49. The van der Waals surface area contributed by atoms with E-state index < -0.39 is 0 Å². The predicted molar refractivity (Wildman–Crippen MR) is 72.3 cm³/mol. The van der Waals surface area contributed by atoms with Crippen LogP contribution in [0.4, 0.5) is 5.82 Å². The molecule has 0 bridgehead atoms. The maximum atomic E-state index is 6.07. The van der Waals surface area contributed by atoms with Crippen LogP contribution in [-0.2, 0) is 0 Å². The van der Waals surface area contributed by atoms with Crippen molar-refractivity contribution in [2.24, 2.45) is 0 Å². The number of benzene rings is 1. The monoisotopic (exact) mass is 261 g/mol. The van der Waals surface area contributed by atoms with Gasteiger partial charge in [-0.15, -0.1) is 11.3 Å². The Balaban J connectivity index is 2.29. The lowest BCUT2D eigenvalue weighted by atomic mass is 10.2. The largest absolute Gasteiger partial charge is 0.383 e. The zero-order chi connectivity index (χ0) is 11.8. The maximum Gasteiger partial charge on any atom is 0.173 e. The quantitative estimate of drug-likeness (QED) is 0.728. The van der Waals surface area contributed by atoms with Gasteiger partial charge in [0.1, 0.15) is 5.82 Å². The number of aromatic nitrogens is 2. The highest BCUT2D eigenvalue weighted by Crippen LogP contribution is 2.32. The predicted octanol–water partition coefficient (Wildman–Crippen LogP) is 3.59. The maximum absolute atomic E-state index is 6.07. The highest BCUT2D eigenvalue weighted by atomic mass is 35.5. The number of nitrogen functional groups attached to an aromatic ring is 1. The summed E-state index contributed by atoms with van der Waals surface area (Å²) in [6.45, 7) is 0. The molecule has 0 radical (unpaired) electrons. The fourth-order valence-electron chi connectivity index (χ4n) is 1.66. The van der Waals surface area contributed by atoms with Gasteiger partial charge in [0.05, 0.1) is 15.4 Å². The van der Waals surface area contributed by atoms with E-state index in [1.165, 1.54) is 11.3 Å². The van der Waals surface area contributed by atoms with Crippen LogP contribution in [0.25, 0.3) is 21.6 Å². The van der Waals surface area contributed by atoms with E-state index in [-0.39, 0.29) is 0 Å². The first-order valence-corrected chi connectivity index (χ1v) is 6.27. The first-order valence-electron chi connectivity index (χ1n) is 5.01. The molecule has 1 aromatic carbocycles. The zero-order valence-corrected chi connectivity index (χ0v) is 10.3. The number of para-hydroxylation sites is 1. The lowest BCUT2D eigenvalue weighted by Crippen LogP contribution is -1.96. The topological polar surface area (TPSA) is 51.8 Å². The molecule has 0 saturated heterocycles. The van der Waals surface area contributed by atoms with E-state index in [1.54, 1.807) is 0 Å². The second-order valence-corrected chi connectivity index (χ2v) is 4.87. The Morgan fingerprint density at radius 1 is 1.12 bits per heavy atom. The smallest absolute Gasteiger partial charge is 0.173 e. The molecular formula is C12H8ClN3S. The molecule has 0 amide bonds. The first-order chi connectivity index (χ1) is 8.25. The van der Waals surface area contributed by atoms with Crippen molar-refractivity contribution in [1.82, 2.24) is 9.97 Å². The summed E-state index contributed by atoms with van der Waals surface area (Å²) in [6.07, 6.45) is 0. The molecule has 0 aliphatic carbocycles. The molecule has 2 heterocycles. The third-order valence-electron chi connectivity index (χ3n) is 2.45. The second kappa shape index (κ2) is 3.98. The first kappa shape index (κ1) is 10.5. The summed E-state index contributed by atoms with van der Waals surface area (Å²) < 4.78 is 0. The molecule has 0 unspecified atom stereocenters. The van der Waals surface area contributed by atoms with Crippen LogP contribution >= 0.6 is 22.9 Å². The average molecular weight is 262 g/mol. The highest BCUT2D eigenvalue weighted by molar-refractivity contribution is 7.14. The van der Waals surface area contributed by atoms with Crippen molar-refractivity contribution < 1.29 is 0 Å². The van der Waals surface area contributed by atoms with Crippen LogP contribution in [0.1, 0.15) is 0 Å². The van der Waals surface area contributed by atoms with Gasteiger partial charge in [-0.25, -0.2) is 9.97 Å². The van der Waals surface area contributed by atoms with Crippen molar-refractivity contribution in [3.8, 4) is 10.7 Å². The van der Waals surface area contributed by atoms with Crippen LogP contribution < -0.4 is 5.73 Å². The van der Waals surface area contributed by atoms with Gasteiger partial charge in [-0.2, -0.15) is 0 Å². The van der Waals surface area contributed by atoms with Gasteiger partial charge in [-0.1, -0.05) is 23.7 Å². The zero-order valence-electron chi connectivity index (χ0n) is 8.72. The molecule has 0 atom stereocenters. The van der Waals surface area contributed by atoms with E-state index in [0.29, 0.717) is 16.7 Å². The Kier molecular flexibility index (Phi) is 2.46. The number of halogens is 1. The summed E-state index contributed by atoms with van der Waals surface area (Å²) in [5.74, 6) is 1.07. The molecule has 3 aromatic rings. The van der Waals surface area contributed by atoms with Gasteiger partial charge in [0.15, 0.2) is 5.82 Å². The third-order valence-corrected chi connectivity index (χ3v) is 3.79. The van der Waals surface area contributed by atoms with Crippen LogP contribution in [0, 0.1) is 0 Å². The Hall–Kier alpha value is -1.65. The summed E-state index contributed by atoms with van der Waals surface area (Å²) in [4.78, 5) is 9.62. The lowest BCUT2D eigenvalue weighted by Gasteiger charge is -2.03. The number of hydrogen-bond acceptors (Lipinski definition) is 4. The Labute approximate surface area is 107 Å². The fraction of sp³-hybridized carbons (Fsp3) is 0. The van der Waals surface area contributed by atoms with Gasteiger partial charge >= 0.3 is 0 Å². The van der Waals surface area contributed by atoms with Crippen molar-refractivity contribution in [3.05, 3.63) is 40.7 Å². The van der Waals surface area contributed by atoms with Crippen LogP contribution in [0.15, 0.2) is 35.7 Å². The molecule has 2 aromatic heterocycles. The van der Waals surface area contributed by atoms with Gasteiger partial charge in [0.25, 0.3) is 0 Å². The minimum Gasteiger partial charge on any atom is -0.383 e. The third kappa shape index (κ3) is 1.75. The standard InChI is InChI=1S/C12H8ClN3S/c13-8-5-6-17-10(8)12-15-9-4-2-1-3-7(9)11(14)16-12/h1-6H,(H2,14,15,16). The number of nitrogens with zero attached hydrogens (tertiary/aromatic N) is 2. The van der Waals surface area contributed by atoms with E-state index >= 15 is 0 Å². The van der Waals surface area contributed by atoms with Crippen molar-refractivity contribution in [1.29, 1.82) is 0 Å². The summed E-state index contributed by atoms with van der Waals surface area (Å²) in [7, 11) is 0. The molecule has 3 rings (SSSR count). The lowest BCUT2D eigenvalue weighted by molar-refractivity contribution is 1.25. The van der Waals surface area contributed by atoms with E-state index in [9.17, 15) is 0 Å². The normalized spacial score (nSPS) is 10.9. The van der Waals surface area contributed by atoms with Crippen molar-refractivity contribution in [3.63, 3.8) is 0 Å². The van der Waals surface area contributed by atoms with Crippen LogP contribution in [-0.4, -0.2) is 9.97 Å². The van der Waals surface area contributed by atoms with E-state index in [0.717, 1.165) is 15.8 Å². The van der Waals surface area contributed by atoms with Crippen LogP contribution in [0.3, 0.4) is 0 Å². The Morgan fingerprint density at radius 2 is 1.94 bits per heavy atom. The highest BCUT2D eigenvalue weighted by Gasteiger charge is 2.10. The molecule has 0 fully saturated rings. The molecule has 0 aliphatic rings. The van der Waals surface area contributed by atoms with Gasteiger partial charge in [0, 0.05) is 5.39 Å². The Morgan fingerprint density at radius 3 is 2.71 bits per heavy atom. The van der Waals surface area contributed by atoms with Crippen molar-refractivity contribution in [2.75, 3.05) is 5.73 Å². The van der Waals surface area contributed by atoms with Crippen molar-refractivity contribution >= 4 is 39.7 Å². The molecule has 17 heavy (non-hydrogen) atoms. The van der Waals surface area contributed by atoms with Crippen molar-refractivity contribution in [2.45, 2.75) is 0 Å². The molecule has 3 nitrogen and oxygen atoms in total. The molecule has 84 valence electrons. The number of fused-ring (bicyclic) bond motifs is 1. The van der Waals surface area contributed by atoms with Crippen LogP contribution in [0.5, 0.6) is 0 Å². The summed E-state index contributed by atoms with van der Waals surface area (Å²) in [5, 5.41) is 3.43. The van der Waals surface area contributed by atoms with E-state index in [2.05, 4.69) is 9.97 Å². The number of anilines is 1. The number of rotatable bonds is 1. The number of hydrogen-bond donors (Lipinski definition) is 1. The molecule has 0 aliphatic heterocycles. The molecule has 2 N–H and O–H groups in total. The van der Waals surface area contributed by atoms with Gasteiger partial charge in [-0.3, -0.25) is 0 Å². The Bertz CT molecular complexity index is 693. The minimum atomic E-state index is 0.482. The van der Waals surface area contributed by atoms with Gasteiger partial charge in [-0.05, 0) is 23.6 Å². The van der Waals surface area contributed by atoms with Gasteiger partial charge < -0.3 is 5.73 Å². The SMILES string of the molecule is Nc1nc(-c2sccc2Cl)nc2ccccc12. The van der Waals surface area contributed by atoms with Crippen LogP contribution in [0.2, 0.25) is 5.02 Å². The minimum absolute atomic E-state index is 0.482. The molecule has 5 heteroatoms. The second-order valence-electron chi connectivity index (χ2n) is 3.55. The fourth-order valence-corrected chi connectivity index (χ4v) is 2.73. The average Bonchev–Trinajstić information content (AvgIpc) is 2.75. The summed E-state index contributed by atoms with van der Waals surface area (Å²) in [5.41, 5.74) is 6.76.